The third kappa shape index (κ3) is 3.02. The average Bonchev–Trinajstić information content (AvgIpc) is 2.49. The second kappa shape index (κ2) is 6.01. The summed E-state index contributed by atoms with van der Waals surface area (Å²) in [5.41, 5.74) is 5.31. The Labute approximate surface area is 130 Å². The van der Waals surface area contributed by atoms with E-state index in [9.17, 15) is 9.18 Å². The number of hydrogen-bond donors (Lipinski definition) is 2. The molecule has 1 aliphatic heterocycles. The van der Waals surface area contributed by atoms with Crippen molar-refractivity contribution in [2.75, 3.05) is 13.1 Å². The molecule has 21 heavy (non-hydrogen) atoms. The standard InChI is InChI=1S/C14H17BrFN3O2/c1-14(13(17)18-21)5-7-19(8-6-14)12(20)9-3-2-4-10(15)11(9)16/h2-4,21H,5-8H2,1H3,(H2,17,18). The van der Waals surface area contributed by atoms with Gasteiger partial charge in [0.05, 0.1) is 10.0 Å². The summed E-state index contributed by atoms with van der Waals surface area (Å²) in [5, 5.41) is 11.9. The molecule has 114 valence electrons. The summed E-state index contributed by atoms with van der Waals surface area (Å²) >= 11 is 3.08. The van der Waals surface area contributed by atoms with Crippen LogP contribution in [0.2, 0.25) is 0 Å². The van der Waals surface area contributed by atoms with Gasteiger partial charge in [-0.3, -0.25) is 4.79 Å². The minimum absolute atomic E-state index is 0.0526. The number of benzene rings is 1. The fourth-order valence-corrected chi connectivity index (χ4v) is 2.79. The van der Waals surface area contributed by atoms with Gasteiger partial charge in [0, 0.05) is 18.5 Å². The zero-order chi connectivity index (χ0) is 15.6. The number of nitrogens with two attached hydrogens (primary N) is 1. The van der Waals surface area contributed by atoms with Crippen molar-refractivity contribution in [3.05, 3.63) is 34.1 Å². The molecule has 1 aromatic rings. The Morgan fingerprint density at radius 2 is 2.10 bits per heavy atom. The van der Waals surface area contributed by atoms with Crippen LogP contribution in [0.3, 0.4) is 0 Å². The number of amides is 1. The Morgan fingerprint density at radius 3 is 2.67 bits per heavy atom. The van der Waals surface area contributed by atoms with Crippen molar-refractivity contribution in [3.8, 4) is 0 Å². The van der Waals surface area contributed by atoms with Crippen LogP contribution in [-0.4, -0.2) is 34.9 Å². The minimum atomic E-state index is -0.549. The number of amidine groups is 1. The second-order valence-corrected chi connectivity index (χ2v) is 6.29. The molecule has 0 atom stereocenters. The lowest BCUT2D eigenvalue weighted by Gasteiger charge is -2.38. The van der Waals surface area contributed by atoms with Gasteiger partial charge in [0.2, 0.25) is 0 Å². The third-order valence-electron chi connectivity index (χ3n) is 4.06. The lowest BCUT2D eigenvalue weighted by atomic mass is 9.79. The van der Waals surface area contributed by atoms with E-state index in [1.54, 1.807) is 17.0 Å². The number of carbonyl (C=O) groups is 1. The van der Waals surface area contributed by atoms with Gasteiger partial charge in [0.25, 0.3) is 5.91 Å². The smallest absolute Gasteiger partial charge is 0.256 e. The molecule has 7 heteroatoms. The van der Waals surface area contributed by atoms with Crippen molar-refractivity contribution in [1.29, 1.82) is 0 Å². The summed E-state index contributed by atoms with van der Waals surface area (Å²) in [4.78, 5) is 14.0. The minimum Gasteiger partial charge on any atom is -0.409 e. The van der Waals surface area contributed by atoms with Gasteiger partial charge in [-0.15, -0.1) is 0 Å². The molecule has 1 aromatic carbocycles. The summed E-state index contributed by atoms with van der Waals surface area (Å²) in [6.45, 7) is 2.78. The van der Waals surface area contributed by atoms with Crippen LogP contribution in [0.1, 0.15) is 30.1 Å². The summed E-state index contributed by atoms with van der Waals surface area (Å²) in [6.07, 6.45) is 1.15. The maximum atomic E-state index is 14.0. The summed E-state index contributed by atoms with van der Waals surface area (Å²) in [7, 11) is 0. The van der Waals surface area contributed by atoms with E-state index in [-0.39, 0.29) is 21.8 Å². The van der Waals surface area contributed by atoms with Crippen molar-refractivity contribution in [2.45, 2.75) is 19.8 Å². The SMILES string of the molecule is CC1(/C(N)=N/O)CCN(C(=O)c2cccc(Br)c2F)CC1. The molecule has 5 nitrogen and oxygen atoms in total. The van der Waals surface area contributed by atoms with Crippen molar-refractivity contribution < 1.29 is 14.4 Å². The molecule has 0 aliphatic carbocycles. The summed E-state index contributed by atoms with van der Waals surface area (Å²) in [6, 6.07) is 4.66. The van der Waals surface area contributed by atoms with E-state index in [1.165, 1.54) is 6.07 Å². The van der Waals surface area contributed by atoms with Crippen molar-refractivity contribution in [3.63, 3.8) is 0 Å². The van der Waals surface area contributed by atoms with Crippen LogP contribution in [0.25, 0.3) is 0 Å². The van der Waals surface area contributed by atoms with Gasteiger partial charge in [-0.05, 0) is 40.9 Å². The number of nitrogens with zero attached hydrogens (tertiary/aromatic N) is 2. The predicted molar refractivity (Wildman–Crippen MR) is 80.8 cm³/mol. The van der Waals surface area contributed by atoms with Gasteiger partial charge in [-0.25, -0.2) is 4.39 Å². The van der Waals surface area contributed by atoms with Crippen LogP contribution in [-0.2, 0) is 0 Å². The molecule has 1 saturated heterocycles. The van der Waals surface area contributed by atoms with Crippen LogP contribution in [0.15, 0.2) is 27.8 Å². The molecule has 0 radical (unpaired) electrons. The molecule has 0 aromatic heterocycles. The summed E-state index contributed by atoms with van der Waals surface area (Å²) in [5.74, 6) is -0.717. The van der Waals surface area contributed by atoms with Crippen LogP contribution >= 0.6 is 15.9 Å². The molecule has 1 amide bonds. The molecule has 0 saturated carbocycles. The Kier molecular flexibility index (Phi) is 4.51. The van der Waals surface area contributed by atoms with E-state index in [1.807, 2.05) is 6.92 Å². The normalized spacial score (nSPS) is 18.6. The van der Waals surface area contributed by atoms with Gasteiger partial charge in [-0.1, -0.05) is 18.1 Å². The first-order chi connectivity index (χ1) is 9.89. The number of piperidine rings is 1. The number of rotatable bonds is 2. The molecule has 0 unspecified atom stereocenters. The van der Waals surface area contributed by atoms with E-state index in [0.717, 1.165) is 0 Å². The Bertz CT molecular complexity index is 584. The molecule has 2 rings (SSSR count). The highest BCUT2D eigenvalue weighted by Gasteiger charge is 2.36. The van der Waals surface area contributed by atoms with Crippen LogP contribution < -0.4 is 5.73 Å². The largest absolute Gasteiger partial charge is 0.409 e. The third-order valence-corrected chi connectivity index (χ3v) is 4.67. The van der Waals surface area contributed by atoms with Crippen LogP contribution in [0, 0.1) is 11.2 Å². The number of oxime groups is 1. The first-order valence-corrected chi connectivity index (χ1v) is 7.39. The Balaban J connectivity index is 2.12. The zero-order valence-corrected chi connectivity index (χ0v) is 13.2. The molecule has 1 fully saturated rings. The Morgan fingerprint density at radius 1 is 1.48 bits per heavy atom. The zero-order valence-electron chi connectivity index (χ0n) is 11.6. The lowest BCUT2D eigenvalue weighted by Crippen LogP contribution is -2.47. The van der Waals surface area contributed by atoms with E-state index in [4.69, 9.17) is 10.9 Å². The number of likely N-dealkylation sites (tertiary alicyclic amines) is 1. The van der Waals surface area contributed by atoms with Gasteiger partial charge >= 0.3 is 0 Å². The number of carbonyl (C=O) groups excluding carboxylic acids is 1. The van der Waals surface area contributed by atoms with Crippen LogP contribution in [0.5, 0.6) is 0 Å². The molecule has 0 spiro atoms. The van der Waals surface area contributed by atoms with E-state index in [0.29, 0.717) is 25.9 Å². The summed E-state index contributed by atoms with van der Waals surface area (Å²) < 4.78 is 14.2. The van der Waals surface area contributed by atoms with Gasteiger partial charge in [0.15, 0.2) is 0 Å². The predicted octanol–water partition coefficient (Wildman–Crippen LogP) is 2.58. The van der Waals surface area contributed by atoms with Gasteiger partial charge < -0.3 is 15.8 Å². The first kappa shape index (κ1) is 15.8. The topological polar surface area (TPSA) is 78.9 Å². The molecule has 0 bridgehead atoms. The number of hydrogen-bond acceptors (Lipinski definition) is 3. The fourth-order valence-electron chi connectivity index (χ4n) is 2.42. The highest BCUT2D eigenvalue weighted by molar-refractivity contribution is 9.10. The quantitative estimate of drug-likeness (QED) is 0.369. The van der Waals surface area contributed by atoms with E-state index < -0.39 is 11.2 Å². The Hall–Kier alpha value is -1.63. The molecule has 1 aliphatic rings. The maximum absolute atomic E-state index is 14.0. The number of halogens is 2. The van der Waals surface area contributed by atoms with E-state index in [2.05, 4.69) is 21.1 Å². The highest BCUT2D eigenvalue weighted by atomic mass is 79.9. The highest BCUT2D eigenvalue weighted by Crippen LogP contribution is 2.32. The van der Waals surface area contributed by atoms with Crippen LogP contribution in [0.4, 0.5) is 4.39 Å². The maximum Gasteiger partial charge on any atom is 0.256 e. The first-order valence-electron chi connectivity index (χ1n) is 6.60. The average molecular weight is 358 g/mol. The van der Waals surface area contributed by atoms with Crippen molar-refractivity contribution >= 4 is 27.7 Å². The van der Waals surface area contributed by atoms with Crippen molar-refractivity contribution in [1.82, 2.24) is 4.90 Å². The molecule has 3 N–H and O–H groups in total. The van der Waals surface area contributed by atoms with Gasteiger partial charge in [0.1, 0.15) is 11.7 Å². The molecule has 1 heterocycles. The molecular formula is C14H17BrFN3O2. The fraction of sp³-hybridized carbons (Fsp3) is 0.429. The second-order valence-electron chi connectivity index (χ2n) is 5.44. The monoisotopic (exact) mass is 357 g/mol. The molecular weight excluding hydrogens is 341 g/mol. The van der Waals surface area contributed by atoms with E-state index >= 15 is 0 Å². The van der Waals surface area contributed by atoms with Crippen molar-refractivity contribution in [2.24, 2.45) is 16.3 Å². The lowest BCUT2D eigenvalue weighted by molar-refractivity contribution is 0.0661. The van der Waals surface area contributed by atoms with Gasteiger partial charge in [-0.2, -0.15) is 0 Å².